The highest BCUT2D eigenvalue weighted by molar-refractivity contribution is 5.94. The van der Waals surface area contributed by atoms with E-state index < -0.39 is 11.9 Å². The first-order valence-corrected chi connectivity index (χ1v) is 5.57. The topological polar surface area (TPSA) is 64.4 Å². The molecule has 1 heterocycles. The van der Waals surface area contributed by atoms with E-state index in [-0.39, 0.29) is 17.7 Å². The van der Waals surface area contributed by atoms with Gasteiger partial charge >= 0.3 is 0 Å². The van der Waals surface area contributed by atoms with E-state index in [2.05, 4.69) is 5.32 Å². The molecule has 2 atom stereocenters. The third kappa shape index (κ3) is 2.74. The molecule has 92 valence electrons. The van der Waals surface area contributed by atoms with E-state index in [1.54, 1.807) is 0 Å². The van der Waals surface area contributed by atoms with Crippen LogP contribution in [0.25, 0.3) is 0 Å². The lowest BCUT2D eigenvalue weighted by Gasteiger charge is -2.12. The van der Waals surface area contributed by atoms with Crippen molar-refractivity contribution in [3.8, 4) is 0 Å². The van der Waals surface area contributed by atoms with Gasteiger partial charge in [-0.15, -0.1) is 0 Å². The molecule has 1 saturated heterocycles. The van der Waals surface area contributed by atoms with Crippen LogP contribution in [-0.2, 0) is 9.53 Å². The Bertz CT molecular complexity index is 437. The summed E-state index contributed by atoms with van der Waals surface area (Å²) >= 11 is 0. The highest BCUT2D eigenvalue weighted by atomic mass is 19.1. The van der Waals surface area contributed by atoms with Crippen molar-refractivity contribution in [2.45, 2.75) is 32.0 Å². The Kier molecular flexibility index (Phi) is 3.28. The normalized spacial score (nSPS) is 23.6. The molecule has 0 saturated carbocycles. The molecule has 2 rings (SSSR count). The molecule has 1 amide bonds. The summed E-state index contributed by atoms with van der Waals surface area (Å²) in [6.07, 6.45) is 1.09. The number of nitrogen functional groups attached to an aromatic ring is 1. The van der Waals surface area contributed by atoms with Crippen LogP contribution in [0.5, 0.6) is 0 Å². The summed E-state index contributed by atoms with van der Waals surface area (Å²) in [5.74, 6) is -0.822. The van der Waals surface area contributed by atoms with E-state index in [0.29, 0.717) is 12.1 Å². The first-order chi connectivity index (χ1) is 8.06. The number of amides is 1. The Morgan fingerprint density at radius 2 is 2.29 bits per heavy atom. The van der Waals surface area contributed by atoms with Gasteiger partial charge in [-0.1, -0.05) is 0 Å². The van der Waals surface area contributed by atoms with Gasteiger partial charge in [-0.05, 0) is 38.0 Å². The summed E-state index contributed by atoms with van der Waals surface area (Å²) in [6.45, 7) is 1.91. The van der Waals surface area contributed by atoms with Crippen molar-refractivity contribution in [2.24, 2.45) is 0 Å². The molecule has 0 radical (unpaired) electrons. The zero-order valence-corrected chi connectivity index (χ0v) is 9.57. The monoisotopic (exact) mass is 238 g/mol. The third-order valence-corrected chi connectivity index (χ3v) is 2.77. The first kappa shape index (κ1) is 11.9. The number of carbonyl (C=O) groups excluding carboxylic acids is 1. The second-order valence-corrected chi connectivity index (χ2v) is 4.24. The number of ether oxygens (including phenoxy) is 1. The van der Waals surface area contributed by atoms with E-state index in [4.69, 9.17) is 10.5 Å². The minimum atomic E-state index is -0.501. The second-order valence-electron chi connectivity index (χ2n) is 4.24. The van der Waals surface area contributed by atoms with Gasteiger partial charge in [0.2, 0.25) is 0 Å². The van der Waals surface area contributed by atoms with Crippen LogP contribution >= 0.6 is 0 Å². The van der Waals surface area contributed by atoms with Gasteiger partial charge in [0.25, 0.3) is 5.91 Å². The zero-order chi connectivity index (χ0) is 12.4. The van der Waals surface area contributed by atoms with Crippen LogP contribution in [0.15, 0.2) is 18.2 Å². The van der Waals surface area contributed by atoms with Crippen molar-refractivity contribution in [1.82, 2.24) is 0 Å². The summed E-state index contributed by atoms with van der Waals surface area (Å²) in [4.78, 5) is 11.8. The average molecular weight is 238 g/mol. The molecular weight excluding hydrogens is 223 g/mol. The Morgan fingerprint density at radius 1 is 1.53 bits per heavy atom. The Labute approximate surface area is 98.9 Å². The largest absolute Gasteiger partial charge is 0.399 e. The number of carbonyl (C=O) groups is 1. The van der Waals surface area contributed by atoms with Gasteiger partial charge < -0.3 is 15.8 Å². The number of nitrogens with two attached hydrogens (primary N) is 1. The van der Waals surface area contributed by atoms with Crippen molar-refractivity contribution in [2.75, 3.05) is 11.1 Å². The molecule has 0 aromatic heterocycles. The van der Waals surface area contributed by atoms with Crippen LogP contribution in [0.2, 0.25) is 0 Å². The fourth-order valence-corrected chi connectivity index (χ4v) is 1.85. The molecule has 0 spiro atoms. The standard InChI is InChI=1S/C12H15FN2O2/c1-7-2-5-11(17-7)12(16)15-10-6-8(14)3-4-9(10)13/h3-4,6-7,11H,2,5,14H2,1H3,(H,15,16). The summed E-state index contributed by atoms with van der Waals surface area (Å²) in [5, 5.41) is 2.49. The summed E-state index contributed by atoms with van der Waals surface area (Å²) in [5.41, 5.74) is 6.03. The molecule has 4 nitrogen and oxygen atoms in total. The SMILES string of the molecule is CC1CCC(C(=O)Nc2cc(N)ccc2F)O1. The fourth-order valence-electron chi connectivity index (χ4n) is 1.85. The molecular formula is C12H15FN2O2. The molecule has 3 N–H and O–H groups in total. The summed E-state index contributed by atoms with van der Waals surface area (Å²) in [7, 11) is 0. The van der Waals surface area contributed by atoms with Crippen molar-refractivity contribution in [1.29, 1.82) is 0 Å². The lowest BCUT2D eigenvalue weighted by molar-refractivity contribution is -0.126. The molecule has 1 aliphatic rings. The van der Waals surface area contributed by atoms with Gasteiger partial charge in [0.1, 0.15) is 11.9 Å². The average Bonchev–Trinajstić information content (AvgIpc) is 2.70. The van der Waals surface area contributed by atoms with Crippen LogP contribution in [0, 0.1) is 5.82 Å². The number of nitrogens with one attached hydrogen (secondary N) is 1. The smallest absolute Gasteiger partial charge is 0.253 e. The number of halogens is 1. The van der Waals surface area contributed by atoms with Crippen molar-refractivity contribution < 1.29 is 13.9 Å². The maximum absolute atomic E-state index is 13.4. The van der Waals surface area contributed by atoms with E-state index in [1.165, 1.54) is 18.2 Å². The van der Waals surface area contributed by atoms with Crippen LogP contribution in [-0.4, -0.2) is 18.1 Å². The van der Waals surface area contributed by atoms with Crippen LogP contribution in [0.4, 0.5) is 15.8 Å². The van der Waals surface area contributed by atoms with Gasteiger partial charge in [-0.3, -0.25) is 4.79 Å². The summed E-state index contributed by atoms with van der Waals surface area (Å²) < 4.78 is 18.8. The Morgan fingerprint density at radius 3 is 2.94 bits per heavy atom. The number of hydrogen-bond donors (Lipinski definition) is 2. The summed E-state index contributed by atoms with van der Waals surface area (Å²) in [6, 6.07) is 4.06. The molecule has 0 aliphatic carbocycles. The Balaban J connectivity index is 2.05. The quantitative estimate of drug-likeness (QED) is 0.773. The molecule has 0 bridgehead atoms. The van der Waals surface area contributed by atoms with E-state index in [0.717, 1.165) is 6.42 Å². The van der Waals surface area contributed by atoms with Gasteiger partial charge in [0.15, 0.2) is 0 Å². The number of anilines is 2. The highest BCUT2D eigenvalue weighted by Gasteiger charge is 2.28. The minimum absolute atomic E-state index is 0.0800. The fraction of sp³-hybridized carbons (Fsp3) is 0.417. The molecule has 2 unspecified atom stereocenters. The molecule has 5 heteroatoms. The maximum atomic E-state index is 13.4. The van der Waals surface area contributed by atoms with E-state index in [1.807, 2.05) is 6.92 Å². The van der Waals surface area contributed by atoms with Gasteiger partial charge in [-0.25, -0.2) is 4.39 Å². The Hall–Kier alpha value is -1.62. The lowest BCUT2D eigenvalue weighted by Crippen LogP contribution is -2.28. The number of hydrogen-bond acceptors (Lipinski definition) is 3. The molecule has 1 aromatic carbocycles. The van der Waals surface area contributed by atoms with Crippen molar-refractivity contribution in [3.05, 3.63) is 24.0 Å². The predicted octanol–water partition coefficient (Wildman–Crippen LogP) is 1.91. The molecule has 1 aromatic rings. The van der Waals surface area contributed by atoms with Crippen LogP contribution in [0.1, 0.15) is 19.8 Å². The van der Waals surface area contributed by atoms with Gasteiger partial charge in [-0.2, -0.15) is 0 Å². The third-order valence-electron chi connectivity index (χ3n) is 2.77. The van der Waals surface area contributed by atoms with Gasteiger partial charge in [0, 0.05) is 5.69 Å². The molecule has 17 heavy (non-hydrogen) atoms. The van der Waals surface area contributed by atoms with Crippen LogP contribution < -0.4 is 11.1 Å². The van der Waals surface area contributed by atoms with E-state index >= 15 is 0 Å². The minimum Gasteiger partial charge on any atom is -0.399 e. The highest BCUT2D eigenvalue weighted by Crippen LogP contribution is 2.22. The number of benzene rings is 1. The van der Waals surface area contributed by atoms with Crippen molar-refractivity contribution >= 4 is 17.3 Å². The van der Waals surface area contributed by atoms with Crippen LogP contribution in [0.3, 0.4) is 0 Å². The lowest BCUT2D eigenvalue weighted by atomic mass is 10.2. The maximum Gasteiger partial charge on any atom is 0.253 e. The van der Waals surface area contributed by atoms with Gasteiger partial charge in [0.05, 0.1) is 11.8 Å². The zero-order valence-electron chi connectivity index (χ0n) is 9.57. The van der Waals surface area contributed by atoms with Crippen molar-refractivity contribution in [3.63, 3.8) is 0 Å². The molecule has 1 fully saturated rings. The molecule has 1 aliphatic heterocycles. The van der Waals surface area contributed by atoms with E-state index in [9.17, 15) is 9.18 Å². The first-order valence-electron chi connectivity index (χ1n) is 5.57. The number of rotatable bonds is 2. The predicted molar refractivity (Wildman–Crippen MR) is 63.0 cm³/mol. The second kappa shape index (κ2) is 4.71.